The molecule has 0 fully saturated rings. The van der Waals surface area contributed by atoms with Gasteiger partial charge in [-0.2, -0.15) is 13.2 Å². The molecule has 0 bridgehead atoms. The van der Waals surface area contributed by atoms with Gasteiger partial charge in [0.05, 0.1) is 24.1 Å². The van der Waals surface area contributed by atoms with Crippen molar-refractivity contribution in [2.24, 2.45) is 5.73 Å². The average Bonchev–Trinajstić information content (AvgIpc) is 2.80. The third kappa shape index (κ3) is 2.34. The van der Waals surface area contributed by atoms with Gasteiger partial charge in [-0.05, 0) is 17.7 Å². The largest absolute Gasteiger partial charge is 0.472 e. The van der Waals surface area contributed by atoms with E-state index in [0.717, 1.165) is 6.07 Å². The van der Waals surface area contributed by atoms with Crippen molar-refractivity contribution < 1.29 is 17.6 Å². The molecule has 1 aromatic carbocycles. The third-order valence-electron chi connectivity index (χ3n) is 2.50. The van der Waals surface area contributed by atoms with Crippen LogP contribution in [0, 0.1) is 0 Å². The van der Waals surface area contributed by atoms with Crippen LogP contribution in [0.4, 0.5) is 13.2 Å². The molecule has 0 radical (unpaired) electrons. The Balaban J connectivity index is 2.46. The maximum Gasteiger partial charge on any atom is 0.416 e. The highest BCUT2D eigenvalue weighted by atomic mass is 19.4. The molecule has 0 aliphatic carbocycles. The van der Waals surface area contributed by atoms with Crippen LogP contribution in [0.2, 0.25) is 0 Å². The first-order chi connectivity index (χ1) is 8.00. The van der Waals surface area contributed by atoms with Crippen molar-refractivity contribution in [3.63, 3.8) is 0 Å². The van der Waals surface area contributed by atoms with E-state index in [2.05, 4.69) is 0 Å². The Hall–Kier alpha value is -1.75. The second-order valence-electron chi connectivity index (χ2n) is 3.62. The fourth-order valence-electron chi connectivity index (χ4n) is 1.66. The minimum atomic E-state index is -4.40. The first-order valence-corrected chi connectivity index (χ1v) is 4.94. The molecule has 2 N–H and O–H groups in total. The number of hydrogen-bond acceptors (Lipinski definition) is 2. The van der Waals surface area contributed by atoms with Gasteiger partial charge in [-0.1, -0.05) is 18.2 Å². The minimum Gasteiger partial charge on any atom is -0.472 e. The molecular weight excluding hydrogens is 231 g/mol. The number of nitrogens with two attached hydrogens (primary N) is 1. The Kier molecular flexibility index (Phi) is 2.93. The van der Waals surface area contributed by atoms with Gasteiger partial charge in [0.25, 0.3) is 0 Å². The van der Waals surface area contributed by atoms with Crippen LogP contribution in [0.15, 0.2) is 47.3 Å². The van der Waals surface area contributed by atoms with Gasteiger partial charge in [-0.3, -0.25) is 0 Å². The van der Waals surface area contributed by atoms with Crippen LogP contribution < -0.4 is 5.73 Å². The van der Waals surface area contributed by atoms with Crippen LogP contribution >= 0.6 is 0 Å². The summed E-state index contributed by atoms with van der Waals surface area (Å²) in [6.07, 6.45) is -1.68. The summed E-state index contributed by atoms with van der Waals surface area (Å²) in [5, 5.41) is 0. The zero-order valence-corrected chi connectivity index (χ0v) is 8.74. The average molecular weight is 241 g/mol. The lowest BCUT2D eigenvalue weighted by molar-refractivity contribution is -0.138. The summed E-state index contributed by atoms with van der Waals surface area (Å²) < 4.78 is 43.1. The molecule has 90 valence electrons. The highest BCUT2D eigenvalue weighted by Gasteiger charge is 2.34. The van der Waals surface area contributed by atoms with Crippen LogP contribution in [-0.2, 0) is 6.18 Å². The summed E-state index contributed by atoms with van der Waals surface area (Å²) in [6.45, 7) is 0. The Morgan fingerprint density at radius 3 is 2.41 bits per heavy atom. The van der Waals surface area contributed by atoms with E-state index in [1.807, 2.05) is 0 Å². The van der Waals surface area contributed by atoms with E-state index in [-0.39, 0.29) is 5.56 Å². The van der Waals surface area contributed by atoms with Crippen molar-refractivity contribution in [2.75, 3.05) is 0 Å². The maximum atomic E-state index is 12.8. The second-order valence-corrected chi connectivity index (χ2v) is 3.62. The van der Waals surface area contributed by atoms with Crippen LogP contribution in [0.3, 0.4) is 0 Å². The summed E-state index contributed by atoms with van der Waals surface area (Å²) in [5.74, 6) is 0. The smallest absolute Gasteiger partial charge is 0.416 e. The molecule has 1 atom stereocenters. The van der Waals surface area contributed by atoms with Gasteiger partial charge < -0.3 is 10.2 Å². The summed E-state index contributed by atoms with van der Waals surface area (Å²) >= 11 is 0. The molecule has 1 unspecified atom stereocenters. The summed E-state index contributed by atoms with van der Waals surface area (Å²) in [7, 11) is 0. The van der Waals surface area contributed by atoms with Gasteiger partial charge in [0.2, 0.25) is 0 Å². The van der Waals surface area contributed by atoms with Gasteiger partial charge >= 0.3 is 6.18 Å². The van der Waals surface area contributed by atoms with Crippen molar-refractivity contribution in [2.45, 2.75) is 12.2 Å². The van der Waals surface area contributed by atoms with E-state index in [9.17, 15) is 13.2 Å². The van der Waals surface area contributed by atoms with Crippen LogP contribution in [0.1, 0.15) is 22.7 Å². The Morgan fingerprint density at radius 2 is 1.82 bits per heavy atom. The van der Waals surface area contributed by atoms with E-state index >= 15 is 0 Å². The number of alkyl halides is 3. The number of hydrogen-bond donors (Lipinski definition) is 1. The highest BCUT2D eigenvalue weighted by Crippen LogP contribution is 2.35. The zero-order valence-electron chi connectivity index (χ0n) is 8.74. The molecular formula is C12H10F3NO. The van der Waals surface area contributed by atoms with Crippen molar-refractivity contribution in [1.82, 2.24) is 0 Å². The monoisotopic (exact) mass is 241 g/mol. The molecule has 0 saturated heterocycles. The second kappa shape index (κ2) is 4.25. The summed E-state index contributed by atoms with van der Waals surface area (Å²) in [5.41, 5.74) is 5.64. The van der Waals surface area contributed by atoms with E-state index in [1.165, 1.54) is 30.7 Å². The van der Waals surface area contributed by atoms with Crippen LogP contribution in [0.25, 0.3) is 0 Å². The number of benzene rings is 1. The van der Waals surface area contributed by atoms with Gasteiger partial charge in [0.15, 0.2) is 0 Å². The first-order valence-electron chi connectivity index (χ1n) is 4.94. The number of rotatable bonds is 2. The Labute approximate surface area is 95.8 Å². The topological polar surface area (TPSA) is 39.2 Å². The Bertz CT molecular complexity index is 491. The van der Waals surface area contributed by atoms with E-state index < -0.39 is 17.8 Å². The predicted molar refractivity (Wildman–Crippen MR) is 56.2 cm³/mol. The zero-order chi connectivity index (χ0) is 12.5. The molecule has 17 heavy (non-hydrogen) atoms. The molecule has 2 aromatic rings. The van der Waals surface area contributed by atoms with Crippen molar-refractivity contribution >= 4 is 0 Å². The SMILES string of the molecule is NC(c1ccoc1)c1ccccc1C(F)(F)F. The quantitative estimate of drug-likeness (QED) is 0.875. The summed E-state index contributed by atoms with van der Waals surface area (Å²) in [6, 6.07) is 5.98. The third-order valence-corrected chi connectivity index (χ3v) is 2.50. The molecule has 0 amide bonds. The lowest BCUT2D eigenvalue weighted by Gasteiger charge is -2.17. The van der Waals surface area contributed by atoms with Gasteiger partial charge in [-0.25, -0.2) is 0 Å². The van der Waals surface area contributed by atoms with Crippen LogP contribution in [0.5, 0.6) is 0 Å². The highest BCUT2D eigenvalue weighted by molar-refractivity contribution is 5.37. The standard InChI is InChI=1S/C12H10F3NO/c13-12(14,15)10-4-2-1-3-9(10)11(16)8-5-6-17-7-8/h1-7,11H,16H2. The van der Waals surface area contributed by atoms with E-state index in [0.29, 0.717) is 5.56 Å². The molecule has 0 saturated carbocycles. The molecule has 1 aromatic heterocycles. The number of furan rings is 1. The van der Waals surface area contributed by atoms with Crippen molar-refractivity contribution in [1.29, 1.82) is 0 Å². The maximum absolute atomic E-state index is 12.8. The molecule has 0 aliphatic heterocycles. The fourth-order valence-corrected chi connectivity index (χ4v) is 1.66. The minimum absolute atomic E-state index is 0.0430. The lowest BCUT2D eigenvalue weighted by Crippen LogP contribution is -2.17. The predicted octanol–water partition coefficient (Wildman–Crippen LogP) is 3.35. The molecule has 2 rings (SSSR count). The van der Waals surface area contributed by atoms with Gasteiger partial charge in [-0.15, -0.1) is 0 Å². The van der Waals surface area contributed by atoms with Gasteiger partial charge in [0.1, 0.15) is 0 Å². The van der Waals surface area contributed by atoms with Crippen LogP contribution in [-0.4, -0.2) is 0 Å². The van der Waals surface area contributed by atoms with Gasteiger partial charge in [0, 0.05) is 5.56 Å². The van der Waals surface area contributed by atoms with E-state index in [4.69, 9.17) is 10.2 Å². The number of halogens is 3. The fraction of sp³-hybridized carbons (Fsp3) is 0.167. The molecule has 2 nitrogen and oxygen atoms in total. The first kappa shape index (κ1) is 11.7. The molecule has 1 heterocycles. The molecule has 0 spiro atoms. The normalized spacial score (nSPS) is 13.6. The lowest BCUT2D eigenvalue weighted by atomic mass is 9.96. The van der Waals surface area contributed by atoms with E-state index in [1.54, 1.807) is 6.07 Å². The summed E-state index contributed by atoms with van der Waals surface area (Å²) in [4.78, 5) is 0. The van der Waals surface area contributed by atoms with Crippen molar-refractivity contribution in [3.05, 3.63) is 59.5 Å². The van der Waals surface area contributed by atoms with Crippen molar-refractivity contribution in [3.8, 4) is 0 Å². The molecule has 0 aliphatic rings. The molecule has 5 heteroatoms. The Morgan fingerprint density at radius 1 is 1.12 bits per heavy atom.